The molecule has 1 unspecified atom stereocenters. The number of aromatic nitrogens is 2. The molecule has 0 aliphatic carbocycles. The first-order chi connectivity index (χ1) is 8.12. The molecule has 1 saturated heterocycles. The summed E-state index contributed by atoms with van der Waals surface area (Å²) in [5.74, 6) is 0. The average Bonchev–Trinajstić information content (AvgIpc) is 2.79. The van der Waals surface area contributed by atoms with Crippen LogP contribution >= 0.6 is 0 Å². The Labute approximate surface area is 101 Å². The molecule has 2 rings (SSSR count). The van der Waals surface area contributed by atoms with E-state index in [2.05, 4.69) is 15.0 Å². The van der Waals surface area contributed by atoms with Gasteiger partial charge < -0.3 is 9.88 Å². The van der Waals surface area contributed by atoms with Crippen molar-refractivity contribution in [1.82, 2.24) is 19.6 Å². The summed E-state index contributed by atoms with van der Waals surface area (Å²) in [7, 11) is -3.47. The quantitative estimate of drug-likeness (QED) is 0.793. The molecule has 2 N–H and O–H groups in total. The van der Waals surface area contributed by atoms with Crippen molar-refractivity contribution in [1.29, 1.82) is 0 Å². The topological polar surface area (TPSA) is 76.0 Å². The van der Waals surface area contributed by atoms with Gasteiger partial charge >= 0.3 is 0 Å². The van der Waals surface area contributed by atoms with E-state index in [1.807, 2.05) is 6.92 Å². The van der Waals surface area contributed by atoms with E-state index < -0.39 is 10.0 Å². The summed E-state index contributed by atoms with van der Waals surface area (Å²) in [6.45, 7) is 4.31. The van der Waals surface area contributed by atoms with Gasteiger partial charge in [-0.2, -0.15) is 0 Å². The molecule has 17 heavy (non-hydrogen) atoms. The third kappa shape index (κ3) is 3.05. The third-order valence-electron chi connectivity index (χ3n) is 2.87. The van der Waals surface area contributed by atoms with E-state index in [-0.39, 0.29) is 11.1 Å². The van der Waals surface area contributed by atoms with Crippen LogP contribution < -0.4 is 10.0 Å². The second-order valence-electron chi connectivity index (χ2n) is 4.21. The van der Waals surface area contributed by atoms with Crippen LogP contribution in [0, 0.1) is 0 Å². The highest BCUT2D eigenvalue weighted by Crippen LogP contribution is 2.09. The molecule has 0 spiro atoms. The molecule has 2 heterocycles. The van der Waals surface area contributed by atoms with Gasteiger partial charge in [0.2, 0.25) is 0 Å². The zero-order valence-corrected chi connectivity index (χ0v) is 10.7. The smallest absolute Gasteiger partial charge is 0.259 e. The van der Waals surface area contributed by atoms with Gasteiger partial charge in [0.15, 0.2) is 5.03 Å². The van der Waals surface area contributed by atoms with E-state index in [0.29, 0.717) is 13.1 Å². The number of piperidine rings is 1. The standard InChI is InChI=1S/C10H18N4O2S/c1-2-14-7-10(12-8-14)17(15,16)13-9-4-3-5-11-6-9/h7-9,11,13H,2-6H2,1H3. The lowest BCUT2D eigenvalue weighted by atomic mass is 10.1. The molecule has 0 amide bonds. The predicted octanol–water partition coefficient (Wildman–Crippen LogP) is -0.0667. The van der Waals surface area contributed by atoms with Crippen LogP contribution in [0.15, 0.2) is 17.6 Å². The third-order valence-corrected chi connectivity index (χ3v) is 4.27. The van der Waals surface area contributed by atoms with Gasteiger partial charge in [0.25, 0.3) is 10.0 Å². The average molecular weight is 258 g/mol. The molecule has 0 saturated carbocycles. The van der Waals surface area contributed by atoms with Crippen LogP contribution in [0.4, 0.5) is 0 Å². The summed E-state index contributed by atoms with van der Waals surface area (Å²) in [6, 6.07) is -0.0273. The summed E-state index contributed by atoms with van der Waals surface area (Å²) in [5.41, 5.74) is 0. The lowest BCUT2D eigenvalue weighted by molar-refractivity contribution is 0.428. The maximum Gasteiger partial charge on any atom is 0.259 e. The molecule has 0 bridgehead atoms. The van der Waals surface area contributed by atoms with Gasteiger partial charge in [0.1, 0.15) is 0 Å². The monoisotopic (exact) mass is 258 g/mol. The number of nitrogens with zero attached hydrogens (tertiary/aromatic N) is 2. The summed E-state index contributed by atoms with van der Waals surface area (Å²) in [4.78, 5) is 3.92. The van der Waals surface area contributed by atoms with Crippen molar-refractivity contribution in [2.75, 3.05) is 13.1 Å². The van der Waals surface area contributed by atoms with Crippen molar-refractivity contribution in [3.63, 3.8) is 0 Å². The Morgan fingerprint density at radius 2 is 2.47 bits per heavy atom. The second-order valence-corrected chi connectivity index (χ2v) is 5.87. The fraction of sp³-hybridized carbons (Fsp3) is 0.700. The van der Waals surface area contributed by atoms with Crippen LogP contribution in [0.25, 0.3) is 0 Å². The maximum atomic E-state index is 12.0. The normalized spacial score (nSPS) is 21.6. The SMILES string of the molecule is CCn1cnc(S(=O)(=O)NC2CCCNC2)c1. The molecule has 1 aromatic rings. The van der Waals surface area contributed by atoms with Crippen LogP contribution in [0.5, 0.6) is 0 Å². The first-order valence-electron chi connectivity index (χ1n) is 5.86. The number of imidazole rings is 1. The van der Waals surface area contributed by atoms with E-state index in [0.717, 1.165) is 19.4 Å². The zero-order chi connectivity index (χ0) is 12.3. The molecule has 7 heteroatoms. The Morgan fingerprint density at radius 3 is 3.06 bits per heavy atom. The Morgan fingerprint density at radius 1 is 1.65 bits per heavy atom. The van der Waals surface area contributed by atoms with E-state index >= 15 is 0 Å². The predicted molar refractivity (Wildman–Crippen MR) is 64.1 cm³/mol. The van der Waals surface area contributed by atoms with Crippen LogP contribution in [0.1, 0.15) is 19.8 Å². The molecule has 6 nitrogen and oxygen atoms in total. The highest BCUT2D eigenvalue weighted by Gasteiger charge is 2.23. The molecule has 0 radical (unpaired) electrons. The van der Waals surface area contributed by atoms with Gasteiger partial charge in [-0.15, -0.1) is 0 Å². The second kappa shape index (κ2) is 5.16. The minimum atomic E-state index is -3.47. The van der Waals surface area contributed by atoms with Crippen molar-refractivity contribution in [3.05, 3.63) is 12.5 Å². The first-order valence-corrected chi connectivity index (χ1v) is 7.35. The fourth-order valence-corrected chi connectivity index (χ4v) is 3.10. The van der Waals surface area contributed by atoms with Gasteiger partial charge in [0.05, 0.1) is 6.33 Å². The Balaban J connectivity index is 2.07. The van der Waals surface area contributed by atoms with Gasteiger partial charge in [-0.1, -0.05) is 0 Å². The molecule has 1 aliphatic heterocycles. The fourth-order valence-electron chi connectivity index (χ4n) is 1.88. The molecule has 1 atom stereocenters. The molecule has 96 valence electrons. The largest absolute Gasteiger partial charge is 0.336 e. The minimum Gasteiger partial charge on any atom is -0.336 e. The van der Waals surface area contributed by atoms with Crippen molar-refractivity contribution in [2.45, 2.75) is 37.4 Å². The van der Waals surface area contributed by atoms with Gasteiger partial charge in [0, 0.05) is 25.3 Å². The van der Waals surface area contributed by atoms with Crippen LogP contribution in [-0.4, -0.2) is 37.1 Å². The Hall–Kier alpha value is -0.920. The number of nitrogens with one attached hydrogen (secondary N) is 2. The zero-order valence-electron chi connectivity index (χ0n) is 9.89. The summed E-state index contributed by atoms with van der Waals surface area (Å²) < 4.78 is 28.5. The number of sulfonamides is 1. The van der Waals surface area contributed by atoms with Crippen molar-refractivity contribution in [2.24, 2.45) is 0 Å². The first kappa shape index (κ1) is 12.5. The lowest BCUT2D eigenvalue weighted by Gasteiger charge is -2.23. The van der Waals surface area contributed by atoms with Gasteiger partial charge in [-0.25, -0.2) is 18.1 Å². The molecular formula is C10H18N4O2S. The molecular weight excluding hydrogens is 240 g/mol. The summed E-state index contributed by atoms with van der Waals surface area (Å²) in [5, 5.41) is 3.27. The minimum absolute atomic E-state index is 0.0273. The Bertz CT molecular complexity index is 462. The molecule has 1 aliphatic rings. The maximum absolute atomic E-state index is 12.0. The van der Waals surface area contributed by atoms with E-state index in [1.165, 1.54) is 6.33 Å². The van der Waals surface area contributed by atoms with E-state index in [1.54, 1.807) is 10.8 Å². The number of aryl methyl sites for hydroxylation is 1. The highest BCUT2D eigenvalue weighted by molar-refractivity contribution is 7.89. The van der Waals surface area contributed by atoms with Crippen molar-refractivity contribution >= 4 is 10.0 Å². The number of hydrogen-bond acceptors (Lipinski definition) is 4. The van der Waals surface area contributed by atoms with Gasteiger partial charge in [-0.05, 0) is 26.3 Å². The van der Waals surface area contributed by atoms with Crippen molar-refractivity contribution in [3.8, 4) is 0 Å². The van der Waals surface area contributed by atoms with Crippen LogP contribution in [-0.2, 0) is 16.6 Å². The molecule has 0 aromatic carbocycles. The van der Waals surface area contributed by atoms with Crippen LogP contribution in [0.2, 0.25) is 0 Å². The van der Waals surface area contributed by atoms with E-state index in [4.69, 9.17) is 0 Å². The Kier molecular flexibility index (Phi) is 3.80. The number of rotatable bonds is 4. The molecule has 1 aromatic heterocycles. The number of hydrogen-bond donors (Lipinski definition) is 2. The van der Waals surface area contributed by atoms with Crippen molar-refractivity contribution < 1.29 is 8.42 Å². The summed E-state index contributed by atoms with van der Waals surface area (Å²) in [6.07, 6.45) is 4.96. The van der Waals surface area contributed by atoms with E-state index in [9.17, 15) is 8.42 Å². The molecule has 1 fully saturated rings. The lowest BCUT2D eigenvalue weighted by Crippen LogP contribution is -2.45. The van der Waals surface area contributed by atoms with Crippen LogP contribution in [0.3, 0.4) is 0 Å². The highest BCUT2D eigenvalue weighted by atomic mass is 32.2. The summed E-state index contributed by atoms with van der Waals surface area (Å²) >= 11 is 0. The van der Waals surface area contributed by atoms with Gasteiger partial charge in [-0.3, -0.25) is 0 Å².